The summed E-state index contributed by atoms with van der Waals surface area (Å²) in [6.07, 6.45) is 0.333. The van der Waals surface area contributed by atoms with Crippen LogP contribution in [-0.2, 0) is 0 Å². The number of aliphatic imine (C=N–C) groups is 1. The lowest BCUT2D eigenvalue weighted by atomic mass is 10.2. The van der Waals surface area contributed by atoms with Crippen LogP contribution in [0.3, 0.4) is 0 Å². The Morgan fingerprint density at radius 1 is 1.44 bits per heavy atom. The highest BCUT2D eigenvalue weighted by Crippen LogP contribution is 2.20. The van der Waals surface area contributed by atoms with Crippen molar-refractivity contribution >= 4 is 33.5 Å². The van der Waals surface area contributed by atoms with Gasteiger partial charge >= 0.3 is 0 Å². The first kappa shape index (κ1) is 11.5. The first-order valence-corrected chi connectivity index (χ1v) is 6.68. The van der Waals surface area contributed by atoms with Crippen LogP contribution < -0.4 is 0 Å². The van der Waals surface area contributed by atoms with Gasteiger partial charge in [0.2, 0.25) is 0 Å². The molecule has 1 aliphatic heterocycles. The number of aromatic nitrogens is 1. The number of halogens is 1. The van der Waals surface area contributed by atoms with Crippen LogP contribution in [0.4, 0.5) is 4.39 Å². The summed E-state index contributed by atoms with van der Waals surface area (Å²) in [5.74, 6) is 0.663. The molecule has 1 aromatic carbocycles. The fourth-order valence-electron chi connectivity index (χ4n) is 1.97. The Morgan fingerprint density at radius 3 is 3.11 bits per heavy atom. The molecule has 0 bridgehead atoms. The first-order chi connectivity index (χ1) is 8.72. The summed E-state index contributed by atoms with van der Waals surface area (Å²) in [6.45, 7) is 0.797. The molecule has 1 N–H and O–H groups in total. The van der Waals surface area contributed by atoms with Gasteiger partial charge in [0.05, 0.1) is 17.2 Å². The number of carbonyl (C=O) groups excluding carboxylic acids is 1. The molecule has 0 unspecified atom stereocenters. The molecule has 0 amide bonds. The molecule has 5 heteroatoms. The molecule has 0 saturated carbocycles. The second kappa shape index (κ2) is 4.57. The fraction of sp³-hybridized carbons (Fsp3) is 0.231. The van der Waals surface area contributed by atoms with Crippen molar-refractivity contribution in [1.29, 1.82) is 0 Å². The Hall–Kier alpha value is -1.62. The SMILES string of the molecule is O=C(CC1=NCCS1)c1cc2cc(F)ccc2[nH]1. The van der Waals surface area contributed by atoms with E-state index in [-0.39, 0.29) is 11.6 Å². The molecule has 2 aromatic rings. The van der Waals surface area contributed by atoms with Gasteiger partial charge in [-0.1, -0.05) is 0 Å². The molecule has 0 spiro atoms. The summed E-state index contributed by atoms with van der Waals surface area (Å²) in [5.41, 5.74) is 1.30. The van der Waals surface area contributed by atoms with Gasteiger partial charge in [0.25, 0.3) is 0 Å². The minimum absolute atomic E-state index is 0.000224. The summed E-state index contributed by atoms with van der Waals surface area (Å²) >= 11 is 1.63. The van der Waals surface area contributed by atoms with E-state index in [0.29, 0.717) is 12.1 Å². The van der Waals surface area contributed by atoms with E-state index in [2.05, 4.69) is 9.98 Å². The molecule has 1 aromatic heterocycles. The number of fused-ring (bicyclic) bond motifs is 1. The normalized spacial score (nSPS) is 15.1. The average molecular weight is 262 g/mol. The number of benzene rings is 1. The van der Waals surface area contributed by atoms with Crippen molar-refractivity contribution in [2.45, 2.75) is 6.42 Å². The van der Waals surface area contributed by atoms with Gasteiger partial charge in [-0.3, -0.25) is 9.79 Å². The molecule has 0 aliphatic carbocycles. The quantitative estimate of drug-likeness (QED) is 0.864. The Balaban J connectivity index is 1.87. The Labute approximate surface area is 107 Å². The van der Waals surface area contributed by atoms with E-state index in [1.165, 1.54) is 12.1 Å². The second-order valence-corrected chi connectivity index (χ2v) is 5.31. The van der Waals surface area contributed by atoms with Gasteiger partial charge in [-0.25, -0.2) is 4.39 Å². The number of rotatable bonds is 3. The van der Waals surface area contributed by atoms with Crippen LogP contribution in [-0.4, -0.2) is 28.1 Å². The van der Waals surface area contributed by atoms with E-state index >= 15 is 0 Å². The van der Waals surface area contributed by atoms with Crippen LogP contribution in [0.5, 0.6) is 0 Å². The monoisotopic (exact) mass is 262 g/mol. The van der Waals surface area contributed by atoms with Crippen molar-refractivity contribution in [2.24, 2.45) is 4.99 Å². The number of nitrogens with one attached hydrogen (secondary N) is 1. The van der Waals surface area contributed by atoms with Gasteiger partial charge in [-0.2, -0.15) is 0 Å². The molecule has 0 saturated heterocycles. The molecule has 0 atom stereocenters. The van der Waals surface area contributed by atoms with Gasteiger partial charge < -0.3 is 4.98 Å². The lowest BCUT2D eigenvalue weighted by molar-refractivity contribution is 0.0997. The van der Waals surface area contributed by atoms with Crippen molar-refractivity contribution < 1.29 is 9.18 Å². The van der Waals surface area contributed by atoms with Gasteiger partial charge in [0.15, 0.2) is 5.78 Å². The molecule has 18 heavy (non-hydrogen) atoms. The molecule has 2 heterocycles. The minimum Gasteiger partial charge on any atom is -0.352 e. The molecule has 3 rings (SSSR count). The van der Waals surface area contributed by atoms with E-state index < -0.39 is 0 Å². The number of Topliss-reactive ketones (excluding diaryl/α,β-unsaturated/α-hetero) is 1. The van der Waals surface area contributed by atoms with Crippen LogP contribution in [0.15, 0.2) is 29.3 Å². The van der Waals surface area contributed by atoms with Gasteiger partial charge in [0, 0.05) is 23.2 Å². The largest absolute Gasteiger partial charge is 0.352 e. The zero-order valence-corrected chi connectivity index (χ0v) is 10.4. The second-order valence-electron chi connectivity index (χ2n) is 4.14. The van der Waals surface area contributed by atoms with E-state index in [0.717, 1.165) is 28.2 Å². The molecular formula is C13H11FN2OS. The fourth-order valence-corrected chi connectivity index (χ4v) is 2.81. The van der Waals surface area contributed by atoms with Crippen molar-refractivity contribution in [3.63, 3.8) is 0 Å². The predicted molar refractivity (Wildman–Crippen MR) is 72.0 cm³/mol. The maximum absolute atomic E-state index is 13.1. The number of nitrogens with zero attached hydrogens (tertiary/aromatic N) is 1. The van der Waals surface area contributed by atoms with Crippen LogP contribution in [0.25, 0.3) is 10.9 Å². The predicted octanol–water partition coefficient (Wildman–Crippen LogP) is 3.03. The molecular weight excluding hydrogens is 251 g/mol. The highest BCUT2D eigenvalue weighted by molar-refractivity contribution is 8.14. The number of hydrogen-bond donors (Lipinski definition) is 1. The lowest BCUT2D eigenvalue weighted by Crippen LogP contribution is -2.04. The summed E-state index contributed by atoms with van der Waals surface area (Å²) in [7, 11) is 0. The third kappa shape index (κ3) is 2.18. The van der Waals surface area contributed by atoms with Crippen LogP contribution in [0, 0.1) is 5.82 Å². The Morgan fingerprint density at radius 2 is 2.33 bits per heavy atom. The van der Waals surface area contributed by atoms with Crippen molar-refractivity contribution in [2.75, 3.05) is 12.3 Å². The number of hydrogen-bond acceptors (Lipinski definition) is 3. The molecule has 0 radical (unpaired) electrons. The Kier molecular flexibility index (Phi) is 2.91. The molecule has 92 valence electrons. The first-order valence-electron chi connectivity index (χ1n) is 5.70. The van der Waals surface area contributed by atoms with E-state index in [9.17, 15) is 9.18 Å². The van der Waals surface area contributed by atoms with Gasteiger partial charge in [-0.15, -0.1) is 11.8 Å². The summed E-state index contributed by atoms with van der Waals surface area (Å²) < 4.78 is 13.1. The molecule has 3 nitrogen and oxygen atoms in total. The zero-order chi connectivity index (χ0) is 12.5. The maximum atomic E-state index is 13.1. The van der Waals surface area contributed by atoms with Crippen molar-refractivity contribution in [1.82, 2.24) is 4.98 Å². The third-order valence-corrected chi connectivity index (χ3v) is 3.84. The summed E-state index contributed by atoms with van der Waals surface area (Å²) in [6, 6.07) is 6.14. The van der Waals surface area contributed by atoms with Crippen LogP contribution >= 0.6 is 11.8 Å². The Bertz CT molecular complexity index is 647. The number of ketones is 1. The summed E-state index contributed by atoms with van der Waals surface area (Å²) in [5, 5.41) is 1.62. The topological polar surface area (TPSA) is 45.2 Å². The van der Waals surface area contributed by atoms with E-state index in [1.807, 2.05) is 0 Å². The average Bonchev–Trinajstić information content (AvgIpc) is 2.96. The van der Waals surface area contributed by atoms with Gasteiger partial charge in [0.1, 0.15) is 5.82 Å². The smallest absolute Gasteiger partial charge is 0.185 e. The number of carbonyl (C=O) groups is 1. The van der Waals surface area contributed by atoms with Crippen molar-refractivity contribution in [3.05, 3.63) is 35.8 Å². The molecule has 1 aliphatic rings. The highest BCUT2D eigenvalue weighted by atomic mass is 32.2. The van der Waals surface area contributed by atoms with Crippen LogP contribution in [0.1, 0.15) is 16.9 Å². The lowest BCUT2D eigenvalue weighted by Gasteiger charge is -1.96. The summed E-state index contributed by atoms with van der Waals surface area (Å²) in [4.78, 5) is 19.3. The zero-order valence-electron chi connectivity index (χ0n) is 9.57. The highest BCUT2D eigenvalue weighted by Gasteiger charge is 2.15. The third-order valence-electron chi connectivity index (χ3n) is 2.84. The standard InChI is InChI=1S/C13H11FN2OS/c14-9-1-2-10-8(5-9)6-11(16-10)12(17)7-13-15-3-4-18-13/h1-2,5-6,16H,3-4,7H2. The minimum atomic E-state index is -0.295. The number of thioether (sulfide) groups is 1. The van der Waals surface area contributed by atoms with E-state index in [1.54, 1.807) is 23.9 Å². The number of H-pyrrole nitrogens is 1. The van der Waals surface area contributed by atoms with Crippen molar-refractivity contribution in [3.8, 4) is 0 Å². The number of aromatic amines is 1. The van der Waals surface area contributed by atoms with E-state index in [4.69, 9.17) is 0 Å². The molecule has 0 fully saturated rings. The maximum Gasteiger partial charge on any atom is 0.185 e. The van der Waals surface area contributed by atoms with Gasteiger partial charge in [-0.05, 0) is 24.3 Å². The van der Waals surface area contributed by atoms with Crippen LogP contribution in [0.2, 0.25) is 0 Å².